The molecular weight excluding hydrogens is 793 g/mol. The maximum absolute atomic E-state index is 7.24. The number of rotatable bonds is 4. The zero-order chi connectivity index (χ0) is 42.4. The summed E-state index contributed by atoms with van der Waals surface area (Å²) in [6.45, 7) is 0. The molecule has 2 aliphatic rings. The highest BCUT2D eigenvalue weighted by Crippen LogP contribution is 2.65. The minimum atomic E-state index is -0.569. The van der Waals surface area contributed by atoms with Gasteiger partial charge in [0.25, 0.3) is 0 Å². The maximum atomic E-state index is 7.24. The molecule has 0 bridgehead atoms. The summed E-state index contributed by atoms with van der Waals surface area (Å²) in [5.74, 6) is 0. The van der Waals surface area contributed by atoms with Gasteiger partial charge >= 0.3 is 0 Å². The van der Waals surface area contributed by atoms with Crippen molar-refractivity contribution in [2.45, 2.75) is 5.41 Å². The average Bonchev–Trinajstić information content (AvgIpc) is 4.16. The molecule has 4 heteroatoms. The Morgan fingerprint density at radius 1 is 0.369 bits per heavy atom. The van der Waals surface area contributed by atoms with E-state index < -0.39 is 5.41 Å². The van der Waals surface area contributed by atoms with Gasteiger partial charge < -0.3 is 18.3 Å². The van der Waals surface area contributed by atoms with Crippen LogP contribution in [-0.4, -0.2) is 4.57 Å². The molecule has 3 aromatic heterocycles. The van der Waals surface area contributed by atoms with Crippen molar-refractivity contribution < 1.29 is 8.83 Å². The SMILES string of the molecule is c1ccc(-n2c3ccccc3c3ccc(N(c4ccc5oc6ccccc6c5c4)c4cc5c(c6c4oc4ccccc46)-c4ccccc4C54c5ccccc5-c5ccccc54)cc32)cc1. The first-order valence-electron chi connectivity index (χ1n) is 22.3. The van der Waals surface area contributed by atoms with Gasteiger partial charge in [-0.25, -0.2) is 0 Å². The topological polar surface area (TPSA) is 34.5 Å². The first kappa shape index (κ1) is 34.9. The Kier molecular flexibility index (Phi) is 6.85. The fourth-order valence-electron chi connectivity index (χ4n) is 11.8. The molecule has 302 valence electrons. The quantitative estimate of drug-likeness (QED) is 0.177. The normalized spacial score (nSPS) is 13.4. The first-order chi connectivity index (χ1) is 32.3. The molecule has 13 aromatic rings. The first-order valence-corrected chi connectivity index (χ1v) is 22.3. The Morgan fingerprint density at radius 2 is 0.923 bits per heavy atom. The summed E-state index contributed by atoms with van der Waals surface area (Å²) in [6.07, 6.45) is 0. The molecular formula is C61H36N2O2. The standard InChI is InChI=1S/C61H36N2O2/c1-2-16-37(17-3-1)63-52-27-13-7-20-42(52)43-32-30-39(35-53(43)63)62(38-31-33-57-47(34-38)44-21-8-14-28-55(44)64-57)54-36-51-58(59-46-23-9-15-29-56(46)65-60(54)59)45-22-6-12-26-50(45)61(51)48-24-10-4-18-40(48)41-19-5-11-25-49(41)61/h1-36H. The van der Waals surface area contributed by atoms with Crippen molar-refractivity contribution in [2.75, 3.05) is 4.90 Å². The van der Waals surface area contributed by atoms with Crippen molar-refractivity contribution in [1.29, 1.82) is 0 Å². The van der Waals surface area contributed by atoms with Crippen LogP contribution in [0.15, 0.2) is 227 Å². The predicted molar refractivity (Wildman–Crippen MR) is 266 cm³/mol. The van der Waals surface area contributed by atoms with Crippen molar-refractivity contribution in [3.8, 4) is 27.9 Å². The van der Waals surface area contributed by atoms with Crippen LogP contribution >= 0.6 is 0 Å². The second kappa shape index (κ2) is 12.7. The second-order valence-electron chi connectivity index (χ2n) is 17.5. The van der Waals surface area contributed by atoms with E-state index in [4.69, 9.17) is 8.83 Å². The van der Waals surface area contributed by atoms with Crippen molar-refractivity contribution >= 4 is 82.7 Å². The Labute approximate surface area is 373 Å². The molecule has 0 amide bonds. The number of anilines is 3. The van der Waals surface area contributed by atoms with E-state index in [1.165, 1.54) is 60.8 Å². The van der Waals surface area contributed by atoms with E-state index in [1.807, 2.05) is 6.07 Å². The zero-order valence-electron chi connectivity index (χ0n) is 35.0. The number of furan rings is 2. The third-order valence-electron chi connectivity index (χ3n) is 14.4. The number of para-hydroxylation sites is 4. The second-order valence-corrected chi connectivity index (χ2v) is 17.5. The van der Waals surface area contributed by atoms with Crippen LogP contribution in [0.25, 0.3) is 93.6 Å². The molecule has 0 unspecified atom stereocenters. The molecule has 4 nitrogen and oxygen atoms in total. The maximum Gasteiger partial charge on any atom is 0.160 e. The summed E-state index contributed by atoms with van der Waals surface area (Å²) in [7, 11) is 0. The van der Waals surface area contributed by atoms with Crippen LogP contribution in [0.3, 0.4) is 0 Å². The van der Waals surface area contributed by atoms with E-state index in [9.17, 15) is 0 Å². The lowest BCUT2D eigenvalue weighted by Gasteiger charge is -2.32. The summed E-state index contributed by atoms with van der Waals surface area (Å²) in [5, 5.41) is 6.78. The molecule has 0 N–H and O–H groups in total. The lowest BCUT2D eigenvalue weighted by molar-refractivity contribution is 0.668. The average molecular weight is 829 g/mol. The molecule has 10 aromatic carbocycles. The molecule has 0 atom stereocenters. The molecule has 3 heterocycles. The Hall–Kier alpha value is -8.60. The van der Waals surface area contributed by atoms with Crippen molar-refractivity contribution in [1.82, 2.24) is 4.57 Å². The van der Waals surface area contributed by atoms with E-state index in [0.717, 1.165) is 72.1 Å². The summed E-state index contributed by atoms with van der Waals surface area (Å²) >= 11 is 0. The highest BCUT2D eigenvalue weighted by Gasteiger charge is 2.52. The van der Waals surface area contributed by atoms with Gasteiger partial charge in [-0.05, 0) is 111 Å². The minimum absolute atomic E-state index is 0.569. The minimum Gasteiger partial charge on any atom is -0.456 e. The van der Waals surface area contributed by atoms with E-state index in [1.54, 1.807) is 0 Å². The van der Waals surface area contributed by atoms with Gasteiger partial charge in [-0.2, -0.15) is 0 Å². The van der Waals surface area contributed by atoms with E-state index >= 15 is 0 Å². The molecule has 0 fully saturated rings. The molecule has 1 spiro atoms. The van der Waals surface area contributed by atoms with Crippen molar-refractivity contribution in [3.05, 3.63) is 241 Å². The highest BCUT2D eigenvalue weighted by molar-refractivity contribution is 6.21. The van der Waals surface area contributed by atoms with Crippen LogP contribution in [-0.2, 0) is 5.41 Å². The summed E-state index contributed by atoms with van der Waals surface area (Å²) < 4.78 is 16.1. The molecule has 0 saturated heterocycles. The van der Waals surface area contributed by atoms with Gasteiger partial charge in [0.15, 0.2) is 5.58 Å². The van der Waals surface area contributed by atoms with Gasteiger partial charge in [0.05, 0.1) is 22.1 Å². The van der Waals surface area contributed by atoms with Gasteiger partial charge in [-0.3, -0.25) is 0 Å². The van der Waals surface area contributed by atoms with Crippen molar-refractivity contribution in [2.24, 2.45) is 0 Å². The third kappa shape index (κ3) is 4.50. The van der Waals surface area contributed by atoms with Gasteiger partial charge in [0.1, 0.15) is 16.7 Å². The van der Waals surface area contributed by atoms with Gasteiger partial charge in [0.2, 0.25) is 0 Å². The molecule has 15 rings (SSSR count). The number of hydrogen-bond acceptors (Lipinski definition) is 3. The lowest BCUT2D eigenvalue weighted by atomic mass is 9.70. The number of benzene rings is 10. The van der Waals surface area contributed by atoms with Crippen LogP contribution in [0.5, 0.6) is 0 Å². The van der Waals surface area contributed by atoms with E-state index in [-0.39, 0.29) is 0 Å². The zero-order valence-corrected chi connectivity index (χ0v) is 35.0. The van der Waals surface area contributed by atoms with Crippen LogP contribution in [0.4, 0.5) is 17.1 Å². The molecule has 0 radical (unpaired) electrons. The van der Waals surface area contributed by atoms with Crippen LogP contribution in [0.1, 0.15) is 22.3 Å². The van der Waals surface area contributed by atoms with Gasteiger partial charge in [0, 0.05) is 49.4 Å². The van der Waals surface area contributed by atoms with Crippen LogP contribution < -0.4 is 4.90 Å². The Morgan fingerprint density at radius 3 is 1.69 bits per heavy atom. The lowest BCUT2D eigenvalue weighted by Crippen LogP contribution is -2.26. The van der Waals surface area contributed by atoms with Gasteiger partial charge in [-0.15, -0.1) is 0 Å². The summed E-state index contributed by atoms with van der Waals surface area (Å²) in [6, 6.07) is 79.5. The Bertz CT molecular complexity index is 4100. The number of fused-ring (bicyclic) bond motifs is 20. The number of hydrogen-bond donors (Lipinski definition) is 0. The predicted octanol–water partition coefficient (Wildman–Crippen LogP) is 16.4. The molecule has 0 saturated carbocycles. The molecule has 2 aliphatic carbocycles. The smallest absolute Gasteiger partial charge is 0.160 e. The van der Waals surface area contributed by atoms with Crippen LogP contribution in [0.2, 0.25) is 0 Å². The third-order valence-corrected chi connectivity index (χ3v) is 14.4. The molecule has 0 aliphatic heterocycles. The number of nitrogens with zero attached hydrogens (tertiary/aromatic N) is 2. The fraction of sp³-hybridized carbons (Fsp3) is 0.0164. The monoisotopic (exact) mass is 828 g/mol. The van der Waals surface area contributed by atoms with E-state index in [2.05, 4.69) is 222 Å². The summed E-state index contributed by atoms with van der Waals surface area (Å²) in [5.41, 5.74) is 19.4. The Balaban J connectivity index is 1.11. The van der Waals surface area contributed by atoms with Crippen molar-refractivity contribution in [3.63, 3.8) is 0 Å². The summed E-state index contributed by atoms with van der Waals surface area (Å²) in [4.78, 5) is 2.43. The fourth-order valence-corrected chi connectivity index (χ4v) is 11.8. The van der Waals surface area contributed by atoms with Gasteiger partial charge in [-0.1, -0.05) is 152 Å². The number of aromatic nitrogens is 1. The highest BCUT2D eigenvalue weighted by atomic mass is 16.3. The van der Waals surface area contributed by atoms with E-state index in [0.29, 0.717) is 0 Å². The largest absolute Gasteiger partial charge is 0.456 e. The molecule has 65 heavy (non-hydrogen) atoms. The van der Waals surface area contributed by atoms with Crippen LogP contribution in [0, 0.1) is 0 Å².